The van der Waals surface area contributed by atoms with Gasteiger partial charge in [0.15, 0.2) is 0 Å². The van der Waals surface area contributed by atoms with E-state index in [1.54, 1.807) is 5.82 Å². The number of hydrogen-bond donors (Lipinski definition) is 0. The highest BCUT2D eigenvalue weighted by Gasteiger charge is 2.23. The van der Waals surface area contributed by atoms with Crippen molar-refractivity contribution in [2.45, 2.75) is 53.2 Å². The summed E-state index contributed by atoms with van der Waals surface area (Å²) in [6.45, 7) is 9.35. The Labute approximate surface area is 87.0 Å². The summed E-state index contributed by atoms with van der Waals surface area (Å²) < 4.78 is 22.7. The van der Waals surface area contributed by atoms with E-state index >= 15 is 0 Å². The van der Waals surface area contributed by atoms with Gasteiger partial charge in [-0.05, 0) is 34.1 Å². The van der Waals surface area contributed by atoms with Gasteiger partial charge in [-0.1, -0.05) is 13.0 Å². The van der Waals surface area contributed by atoms with Crippen LogP contribution in [-0.2, 0) is 13.6 Å². The van der Waals surface area contributed by atoms with E-state index in [-0.39, 0.29) is 12.2 Å². The van der Waals surface area contributed by atoms with Crippen LogP contribution in [0.5, 0.6) is 0 Å². The molecule has 0 saturated heterocycles. The fourth-order valence-electron chi connectivity index (χ4n) is 0.917. The van der Waals surface area contributed by atoms with Crippen molar-refractivity contribution in [2.24, 2.45) is 0 Å². The molecule has 0 aliphatic rings. The quantitative estimate of drug-likeness (QED) is 0.636. The third kappa shape index (κ3) is 6.36. The molecular formula is C10H21O3P. The molecule has 0 rings (SSSR count). The molecule has 0 N–H and O–H groups in total. The lowest BCUT2D eigenvalue weighted by molar-refractivity contribution is 0.149. The molecule has 4 heteroatoms. The fraction of sp³-hybridized carbons (Fsp3) is 0.800. The Bertz CT molecular complexity index is 207. The van der Waals surface area contributed by atoms with Crippen LogP contribution in [0, 0.1) is 0 Å². The zero-order valence-electron chi connectivity index (χ0n) is 9.69. The number of hydrogen-bond acceptors (Lipinski definition) is 3. The van der Waals surface area contributed by atoms with Crippen LogP contribution in [0.15, 0.2) is 11.9 Å². The third-order valence-corrected chi connectivity index (χ3v) is 3.25. The molecule has 0 radical (unpaired) electrons. The fourth-order valence-corrected chi connectivity index (χ4v) is 2.75. The molecule has 0 saturated carbocycles. The van der Waals surface area contributed by atoms with Crippen molar-refractivity contribution in [1.82, 2.24) is 0 Å². The van der Waals surface area contributed by atoms with Gasteiger partial charge in [-0.3, -0.25) is 4.57 Å². The van der Waals surface area contributed by atoms with Crippen LogP contribution in [0.3, 0.4) is 0 Å². The normalized spacial score (nSPS) is 13.4. The van der Waals surface area contributed by atoms with Crippen molar-refractivity contribution in [3.8, 4) is 0 Å². The lowest BCUT2D eigenvalue weighted by Gasteiger charge is -2.19. The van der Waals surface area contributed by atoms with E-state index in [0.29, 0.717) is 0 Å². The van der Waals surface area contributed by atoms with Crippen molar-refractivity contribution in [3.63, 3.8) is 0 Å². The molecule has 3 nitrogen and oxygen atoms in total. The highest BCUT2D eigenvalue weighted by molar-refractivity contribution is 7.57. The largest absolute Gasteiger partial charge is 0.354 e. The van der Waals surface area contributed by atoms with Crippen molar-refractivity contribution in [2.75, 3.05) is 0 Å². The molecule has 84 valence electrons. The second kappa shape index (κ2) is 6.39. The summed E-state index contributed by atoms with van der Waals surface area (Å²) in [5.74, 6) is 1.55. The van der Waals surface area contributed by atoms with E-state index in [1.165, 1.54) is 0 Å². The standard InChI is InChI=1S/C10H21O3P/c1-6-7-8-14(11,12-9(2)3)13-10(4)5/h7-10H,6H2,1-5H3. The molecule has 0 spiro atoms. The summed E-state index contributed by atoms with van der Waals surface area (Å²) in [4.78, 5) is 0. The van der Waals surface area contributed by atoms with Crippen molar-refractivity contribution < 1.29 is 13.6 Å². The Kier molecular flexibility index (Phi) is 6.34. The van der Waals surface area contributed by atoms with Crippen molar-refractivity contribution in [1.29, 1.82) is 0 Å². The topological polar surface area (TPSA) is 35.5 Å². The van der Waals surface area contributed by atoms with Gasteiger partial charge in [0, 0.05) is 5.82 Å². The molecule has 0 aliphatic heterocycles. The van der Waals surface area contributed by atoms with Crippen molar-refractivity contribution in [3.05, 3.63) is 11.9 Å². The first-order valence-corrected chi connectivity index (χ1v) is 6.65. The Morgan fingerprint density at radius 2 is 1.57 bits per heavy atom. The van der Waals surface area contributed by atoms with Gasteiger partial charge in [-0.2, -0.15) is 0 Å². The molecule has 14 heavy (non-hydrogen) atoms. The minimum Gasteiger partial charge on any atom is -0.303 e. The maximum atomic E-state index is 12.1. The summed E-state index contributed by atoms with van der Waals surface area (Å²) >= 11 is 0. The highest BCUT2D eigenvalue weighted by atomic mass is 31.2. The monoisotopic (exact) mass is 220 g/mol. The van der Waals surface area contributed by atoms with Gasteiger partial charge in [0.2, 0.25) is 0 Å². The van der Waals surface area contributed by atoms with Gasteiger partial charge in [0.1, 0.15) is 0 Å². The van der Waals surface area contributed by atoms with Crippen LogP contribution < -0.4 is 0 Å². The lowest BCUT2D eigenvalue weighted by Crippen LogP contribution is -2.06. The van der Waals surface area contributed by atoms with Crippen LogP contribution in [0.4, 0.5) is 0 Å². The maximum absolute atomic E-state index is 12.1. The molecule has 0 bridgehead atoms. The van der Waals surface area contributed by atoms with E-state index in [4.69, 9.17) is 9.05 Å². The van der Waals surface area contributed by atoms with E-state index in [2.05, 4.69) is 0 Å². The van der Waals surface area contributed by atoms with E-state index in [1.807, 2.05) is 40.7 Å². The van der Waals surface area contributed by atoms with E-state index in [9.17, 15) is 4.57 Å². The summed E-state index contributed by atoms with van der Waals surface area (Å²) in [6.07, 6.45) is 2.44. The molecular weight excluding hydrogens is 199 g/mol. The first-order chi connectivity index (χ1) is 6.39. The second-order valence-corrected chi connectivity index (χ2v) is 5.44. The predicted molar refractivity (Wildman–Crippen MR) is 59.5 cm³/mol. The van der Waals surface area contributed by atoms with Gasteiger partial charge in [-0.15, -0.1) is 0 Å². The molecule has 0 amide bonds. The van der Waals surface area contributed by atoms with Crippen LogP contribution in [0.25, 0.3) is 0 Å². The molecule has 0 aromatic carbocycles. The zero-order chi connectivity index (χ0) is 11.2. The first kappa shape index (κ1) is 13.9. The minimum atomic E-state index is -3.03. The van der Waals surface area contributed by atoms with E-state index in [0.717, 1.165) is 6.42 Å². The van der Waals surface area contributed by atoms with Crippen LogP contribution >= 0.6 is 7.60 Å². The molecule has 0 atom stereocenters. The SMILES string of the molecule is CCC=CP(=O)(OC(C)C)OC(C)C. The average molecular weight is 220 g/mol. The summed E-state index contributed by atoms with van der Waals surface area (Å²) in [6, 6.07) is 0. The molecule has 0 aromatic rings. The maximum Gasteiger partial charge on any atom is 0.354 e. The molecule has 0 aromatic heterocycles. The Morgan fingerprint density at radius 3 is 1.86 bits per heavy atom. The van der Waals surface area contributed by atoms with Crippen LogP contribution in [-0.4, -0.2) is 12.2 Å². The Balaban J connectivity index is 4.50. The van der Waals surface area contributed by atoms with Gasteiger partial charge < -0.3 is 9.05 Å². The third-order valence-electron chi connectivity index (χ3n) is 1.24. The summed E-state index contributed by atoms with van der Waals surface area (Å²) in [5.41, 5.74) is 0. The van der Waals surface area contributed by atoms with Crippen LogP contribution in [0.2, 0.25) is 0 Å². The van der Waals surface area contributed by atoms with Gasteiger partial charge in [0.25, 0.3) is 0 Å². The Morgan fingerprint density at radius 1 is 1.14 bits per heavy atom. The molecule has 0 fully saturated rings. The van der Waals surface area contributed by atoms with Crippen LogP contribution in [0.1, 0.15) is 41.0 Å². The predicted octanol–water partition coefficient (Wildman–Crippen LogP) is 3.95. The molecule has 0 aliphatic carbocycles. The Hall–Kier alpha value is -0.110. The second-order valence-electron chi connectivity index (χ2n) is 3.64. The zero-order valence-corrected chi connectivity index (χ0v) is 10.6. The van der Waals surface area contributed by atoms with Gasteiger partial charge >= 0.3 is 7.60 Å². The molecule has 0 heterocycles. The molecule has 0 unspecified atom stereocenters. The van der Waals surface area contributed by atoms with E-state index < -0.39 is 7.60 Å². The van der Waals surface area contributed by atoms with Gasteiger partial charge in [-0.25, -0.2) is 0 Å². The number of allylic oxidation sites excluding steroid dienone is 1. The number of rotatable bonds is 6. The highest BCUT2D eigenvalue weighted by Crippen LogP contribution is 2.51. The summed E-state index contributed by atoms with van der Waals surface area (Å²) in [7, 11) is -3.03. The first-order valence-electron chi connectivity index (χ1n) is 5.04. The van der Waals surface area contributed by atoms with Crippen molar-refractivity contribution >= 4 is 7.60 Å². The lowest BCUT2D eigenvalue weighted by atomic mass is 10.5. The average Bonchev–Trinajstić information content (AvgIpc) is 1.97. The minimum absolute atomic E-state index is 0.0962. The summed E-state index contributed by atoms with van der Waals surface area (Å²) in [5, 5.41) is 0. The van der Waals surface area contributed by atoms with Gasteiger partial charge in [0.05, 0.1) is 12.2 Å². The smallest absolute Gasteiger partial charge is 0.303 e.